The minimum Gasteiger partial charge on any atom is -0.312 e. The zero-order chi connectivity index (χ0) is 19.6. The number of carbonyl (C=O) groups is 3. The second kappa shape index (κ2) is 7.87. The molecule has 0 aromatic heterocycles. The number of rotatable bonds is 3. The summed E-state index contributed by atoms with van der Waals surface area (Å²) in [5.41, 5.74) is 6.54. The first-order chi connectivity index (χ1) is 12.8. The van der Waals surface area contributed by atoms with Gasteiger partial charge in [-0.15, -0.1) is 0 Å². The second-order valence-corrected chi connectivity index (χ2v) is 7.14. The average Bonchev–Trinajstić information content (AvgIpc) is 3.04. The van der Waals surface area contributed by atoms with E-state index in [1.807, 2.05) is 25.1 Å². The van der Waals surface area contributed by atoms with Crippen LogP contribution in [0.4, 0.5) is 10.1 Å². The number of amides is 3. The van der Waals surface area contributed by atoms with E-state index in [2.05, 4.69) is 26.8 Å². The summed E-state index contributed by atoms with van der Waals surface area (Å²) in [4.78, 5) is 38.1. The summed E-state index contributed by atoms with van der Waals surface area (Å²) in [6, 6.07) is 10.5. The van der Waals surface area contributed by atoms with Crippen molar-refractivity contribution in [1.29, 1.82) is 0 Å². The van der Waals surface area contributed by atoms with Gasteiger partial charge in [0, 0.05) is 28.7 Å². The van der Waals surface area contributed by atoms with Gasteiger partial charge in [-0.3, -0.25) is 25.2 Å². The number of benzene rings is 2. The fraction of sp³-hybridized carbons (Fsp3) is 0.211. The van der Waals surface area contributed by atoms with Crippen LogP contribution >= 0.6 is 15.9 Å². The van der Waals surface area contributed by atoms with Crippen LogP contribution in [0.3, 0.4) is 0 Å². The van der Waals surface area contributed by atoms with Gasteiger partial charge in [-0.05, 0) is 55.0 Å². The number of nitrogens with one attached hydrogen (secondary N) is 2. The number of hydrazine groups is 1. The number of hydrogen-bond acceptors (Lipinski definition) is 3. The first kappa shape index (κ1) is 19.0. The molecule has 0 radical (unpaired) electrons. The van der Waals surface area contributed by atoms with Gasteiger partial charge >= 0.3 is 0 Å². The standard InChI is InChI=1S/C19H17BrFN3O3/c1-11-8-15(6-7-16(11)20)24-10-13(9-17(24)25)19(27)23-22-18(26)12-2-4-14(21)5-3-12/h2-8,13H,9-10H2,1H3,(H,22,26)(H,23,27). The van der Waals surface area contributed by atoms with Crippen LogP contribution in [-0.2, 0) is 9.59 Å². The summed E-state index contributed by atoms with van der Waals surface area (Å²) in [6.45, 7) is 2.15. The minimum absolute atomic E-state index is 0.0629. The van der Waals surface area contributed by atoms with Crippen molar-refractivity contribution >= 4 is 39.3 Å². The third-order valence-corrected chi connectivity index (χ3v) is 5.24. The van der Waals surface area contributed by atoms with Gasteiger partial charge < -0.3 is 4.90 Å². The van der Waals surface area contributed by atoms with Crippen LogP contribution in [0, 0.1) is 18.7 Å². The van der Waals surface area contributed by atoms with Gasteiger partial charge in [0.05, 0.1) is 5.92 Å². The van der Waals surface area contributed by atoms with Crippen LogP contribution in [0.1, 0.15) is 22.3 Å². The molecule has 1 saturated heterocycles. The van der Waals surface area contributed by atoms with Crippen molar-refractivity contribution in [3.8, 4) is 0 Å². The van der Waals surface area contributed by atoms with Crippen LogP contribution in [0.25, 0.3) is 0 Å². The van der Waals surface area contributed by atoms with E-state index in [0.717, 1.165) is 27.9 Å². The molecule has 2 aromatic carbocycles. The monoisotopic (exact) mass is 433 g/mol. The Morgan fingerprint density at radius 1 is 1.15 bits per heavy atom. The summed E-state index contributed by atoms with van der Waals surface area (Å²) >= 11 is 3.42. The lowest BCUT2D eigenvalue weighted by atomic mass is 10.1. The van der Waals surface area contributed by atoms with Crippen molar-refractivity contribution in [2.75, 3.05) is 11.4 Å². The predicted molar refractivity (Wildman–Crippen MR) is 101 cm³/mol. The number of aryl methyl sites for hydroxylation is 1. The van der Waals surface area contributed by atoms with E-state index in [0.29, 0.717) is 0 Å². The topological polar surface area (TPSA) is 78.5 Å². The summed E-state index contributed by atoms with van der Waals surface area (Å²) < 4.78 is 13.8. The number of carbonyl (C=O) groups excluding carboxylic acids is 3. The average molecular weight is 434 g/mol. The molecule has 1 atom stereocenters. The third-order valence-electron chi connectivity index (χ3n) is 4.35. The summed E-state index contributed by atoms with van der Waals surface area (Å²) in [5, 5.41) is 0. The van der Waals surface area contributed by atoms with E-state index in [1.165, 1.54) is 12.1 Å². The Morgan fingerprint density at radius 3 is 2.52 bits per heavy atom. The maximum absolute atomic E-state index is 12.9. The summed E-state index contributed by atoms with van der Waals surface area (Å²) in [6.07, 6.45) is 0.0629. The molecular formula is C19H17BrFN3O3. The maximum atomic E-state index is 12.9. The molecule has 3 rings (SSSR count). The van der Waals surface area contributed by atoms with Gasteiger partial charge in [0.15, 0.2) is 0 Å². The van der Waals surface area contributed by atoms with E-state index in [9.17, 15) is 18.8 Å². The molecule has 6 nitrogen and oxygen atoms in total. The highest BCUT2D eigenvalue weighted by Crippen LogP contribution is 2.28. The Kier molecular flexibility index (Phi) is 5.55. The van der Waals surface area contributed by atoms with Gasteiger partial charge in [-0.25, -0.2) is 4.39 Å². The largest absolute Gasteiger partial charge is 0.312 e. The molecule has 1 aliphatic heterocycles. The van der Waals surface area contributed by atoms with Crippen LogP contribution in [-0.4, -0.2) is 24.3 Å². The SMILES string of the molecule is Cc1cc(N2CC(C(=O)NNC(=O)c3ccc(F)cc3)CC2=O)ccc1Br. The molecule has 8 heteroatoms. The molecule has 1 unspecified atom stereocenters. The lowest BCUT2D eigenvalue weighted by molar-refractivity contribution is -0.126. The van der Waals surface area contributed by atoms with E-state index in [4.69, 9.17) is 0 Å². The van der Waals surface area contributed by atoms with E-state index in [-0.39, 0.29) is 24.4 Å². The zero-order valence-electron chi connectivity index (χ0n) is 14.5. The molecular weight excluding hydrogens is 417 g/mol. The van der Waals surface area contributed by atoms with Crippen LogP contribution in [0.2, 0.25) is 0 Å². The van der Waals surface area contributed by atoms with Crippen molar-refractivity contribution in [1.82, 2.24) is 10.9 Å². The van der Waals surface area contributed by atoms with Crippen LogP contribution in [0.15, 0.2) is 46.9 Å². The first-order valence-electron chi connectivity index (χ1n) is 8.27. The molecule has 140 valence electrons. The van der Waals surface area contributed by atoms with E-state index in [1.54, 1.807) is 4.90 Å². The van der Waals surface area contributed by atoms with Gasteiger partial charge in [0.1, 0.15) is 5.82 Å². The lowest BCUT2D eigenvalue weighted by Crippen LogP contribution is -2.45. The highest BCUT2D eigenvalue weighted by atomic mass is 79.9. The van der Waals surface area contributed by atoms with Crippen molar-refractivity contribution in [3.05, 3.63) is 63.9 Å². The van der Waals surface area contributed by atoms with Gasteiger partial charge in [-0.2, -0.15) is 0 Å². The minimum atomic E-state index is -0.574. The number of anilines is 1. The molecule has 27 heavy (non-hydrogen) atoms. The smallest absolute Gasteiger partial charge is 0.269 e. The second-order valence-electron chi connectivity index (χ2n) is 6.29. The van der Waals surface area contributed by atoms with Gasteiger partial charge in [0.2, 0.25) is 11.8 Å². The Balaban J connectivity index is 1.59. The van der Waals surface area contributed by atoms with Crippen molar-refractivity contribution in [2.24, 2.45) is 5.92 Å². The fourth-order valence-corrected chi connectivity index (χ4v) is 3.07. The lowest BCUT2D eigenvalue weighted by Gasteiger charge is -2.18. The first-order valence-corrected chi connectivity index (χ1v) is 9.06. The molecule has 0 aliphatic carbocycles. The zero-order valence-corrected chi connectivity index (χ0v) is 16.0. The number of hydrogen-bond donors (Lipinski definition) is 2. The highest BCUT2D eigenvalue weighted by Gasteiger charge is 2.35. The van der Waals surface area contributed by atoms with Crippen LogP contribution < -0.4 is 15.8 Å². The molecule has 1 aliphatic rings. The molecule has 0 spiro atoms. The normalized spacial score (nSPS) is 16.3. The Bertz CT molecular complexity index is 902. The Hall–Kier alpha value is -2.74. The molecule has 0 saturated carbocycles. The van der Waals surface area contributed by atoms with Crippen LogP contribution in [0.5, 0.6) is 0 Å². The molecule has 2 aromatic rings. The summed E-state index contributed by atoms with van der Waals surface area (Å²) in [7, 11) is 0. The van der Waals surface area contributed by atoms with E-state index < -0.39 is 23.5 Å². The fourth-order valence-electron chi connectivity index (χ4n) is 2.82. The third kappa shape index (κ3) is 4.33. The maximum Gasteiger partial charge on any atom is 0.269 e. The van der Waals surface area contributed by atoms with Gasteiger partial charge in [0.25, 0.3) is 5.91 Å². The number of halogens is 2. The molecule has 1 fully saturated rings. The Morgan fingerprint density at radius 2 is 1.85 bits per heavy atom. The van der Waals surface area contributed by atoms with Gasteiger partial charge in [-0.1, -0.05) is 15.9 Å². The molecule has 2 N–H and O–H groups in total. The molecule has 1 heterocycles. The molecule has 3 amide bonds. The van der Waals surface area contributed by atoms with Crippen molar-refractivity contribution < 1.29 is 18.8 Å². The van der Waals surface area contributed by atoms with Crippen molar-refractivity contribution in [2.45, 2.75) is 13.3 Å². The summed E-state index contributed by atoms with van der Waals surface area (Å²) in [5.74, 6) is -2.19. The quantitative estimate of drug-likeness (QED) is 0.730. The Labute approximate surface area is 163 Å². The van der Waals surface area contributed by atoms with E-state index >= 15 is 0 Å². The highest BCUT2D eigenvalue weighted by molar-refractivity contribution is 9.10. The number of nitrogens with zero attached hydrogens (tertiary/aromatic N) is 1. The van der Waals surface area contributed by atoms with Crippen molar-refractivity contribution in [3.63, 3.8) is 0 Å². The molecule has 0 bridgehead atoms. The predicted octanol–water partition coefficient (Wildman–Crippen LogP) is 2.71.